The normalized spacial score (nSPS) is 15.5. The van der Waals surface area contributed by atoms with Crippen molar-refractivity contribution in [2.45, 2.75) is 50.5 Å². The number of methoxy groups -OCH3 is 3. The molecule has 0 radical (unpaired) electrons. The van der Waals surface area contributed by atoms with Crippen LogP contribution in [0.1, 0.15) is 64.1 Å². The largest absolute Gasteiger partial charge is 0.493 e. The van der Waals surface area contributed by atoms with Crippen molar-refractivity contribution in [3.63, 3.8) is 0 Å². The Labute approximate surface area is 354 Å². The van der Waals surface area contributed by atoms with Gasteiger partial charge in [0.15, 0.2) is 23.0 Å². The number of piperazine rings is 1. The number of carbonyl (C=O) groups is 3. The number of hydrogen-bond donors (Lipinski definition) is 3. The summed E-state index contributed by atoms with van der Waals surface area (Å²) < 4.78 is 28.5. The summed E-state index contributed by atoms with van der Waals surface area (Å²) in [5.74, 6) is 3.48. The minimum atomic E-state index is -0.325. The number of hydrogen-bond acceptors (Lipinski definition) is 13. The van der Waals surface area contributed by atoms with Gasteiger partial charge < -0.3 is 54.3 Å². The van der Waals surface area contributed by atoms with Crippen LogP contribution in [-0.4, -0.2) is 132 Å². The second kappa shape index (κ2) is 22.0. The van der Waals surface area contributed by atoms with Crippen LogP contribution in [0.15, 0.2) is 48.5 Å². The number of anilines is 1. The molecule has 2 aliphatic heterocycles. The Morgan fingerprint density at radius 3 is 2.07 bits per heavy atom. The summed E-state index contributed by atoms with van der Waals surface area (Å²) in [5.41, 5.74) is 9.09. The molecular weight excluding hydrogens is 797 g/mol. The number of aliphatic hydroxyl groups is 2. The van der Waals surface area contributed by atoms with Crippen LogP contribution in [0.25, 0.3) is 6.08 Å². The summed E-state index contributed by atoms with van der Waals surface area (Å²) in [4.78, 5) is 45.4. The first-order valence-electron chi connectivity index (χ1n) is 19.7. The zero-order chi connectivity index (χ0) is 42.5. The van der Waals surface area contributed by atoms with Crippen LogP contribution < -0.4 is 29.4 Å². The molecule has 2 saturated heterocycles. The van der Waals surface area contributed by atoms with Gasteiger partial charge in [0.25, 0.3) is 11.8 Å². The highest BCUT2D eigenvalue weighted by molar-refractivity contribution is 8.17. The third kappa shape index (κ3) is 11.1. The van der Waals surface area contributed by atoms with E-state index in [1.54, 1.807) is 58.3 Å². The summed E-state index contributed by atoms with van der Waals surface area (Å²) in [5, 5.41) is 20.0. The molecule has 0 bridgehead atoms. The lowest BCUT2D eigenvalue weighted by molar-refractivity contribution is -0.127. The van der Waals surface area contributed by atoms with Gasteiger partial charge in [-0.25, -0.2) is 0 Å². The molecule has 2 aliphatic rings. The zero-order valence-electron chi connectivity index (χ0n) is 34.4. The summed E-state index contributed by atoms with van der Waals surface area (Å²) in [6, 6.07) is 11.8. The van der Waals surface area contributed by atoms with Crippen molar-refractivity contribution in [2.24, 2.45) is 0 Å². The molecule has 320 valence electrons. The number of likely N-dealkylation sites (tertiary alicyclic amines) is 1. The molecule has 0 aliphatic carbocycles. The Bertz CT molecular complexity index is 1920. The molecule has 2 fully saturated rings. The number of rotatable bonds is 19. The van der Waals surface area contributed by atoms with Gasteiger partial charge in [-0.15, -0.1) is 23.5 Å². The molecule has 4 N–H and O–H groups in total. The lowest BCUT2D eigenvalue weighted by atomic mass is 10.1. The average molecular weight is 853 g/mol. The van der Waals surface area contributed by atoms with Gasteiger partial charge in [-0.05, 0) is 66.3 Å². The van der Waals surface area contributed by atoms with Crippen LogP contribution in [0.4, 0.5) is 5.69 Å². The maximum atomic E-state index is 13.8. The van der Waals surface area contributed by atoms with E-state index in [0.29, 0.717) is 94.0 Å². The minimum Gasteiger partial charge on any atom is -0.493 e. The lowest BCUT2D eigenvalue weighted by Crippen LogP contribution is -2.50. The molecule has 0 spiro atoms. The van der Waals surface area contributed by atoms with Crippen LogP contribution in [-0.2, 0) is 18.0 Å². The van der Waals surface area contributed by atoms with E-state index in [9.17, 15) is 24.6 Å². The molecule has 0 aromatic heterocycles. The van der Waals surface area contributed by atoms with Gasteiger partial charge in [-0.3, -0.25) is 14.4 Å². The van der Waals surface area contributed by atoms with E-state index in [2.05, 4.69) is 13.8 Å². The SMILES string of the molecule is CCSC(SCC)[C@@H]1CCCN1C(=O)c1cc(CO)c(OCCOc2ccc(C=CC(=O)N3CCN(C(=O)c4cc(CO)c(OC)c(OC)c4)CC3)cc2OC)cc1N. The van der Waals surface area contributed by atoms with Crippen LogP contribution >= 0.6 is 23.5 Å². The number of nitrogens with zero attached hydrogens (tertiary/aromatic N) is 3. The van der Waals surface area contributed by atoms with E-state index in [4.69, 9.17) is 29.4 Å². The van der Waals surface area contributed by atoms with E-state index in [0.717, 1.165) is 29.9 Å². The zero-order valence-corrected chi connectivity index (χ0v) is 36.1. The fraction of sp³-hybridized carbons (Fsp3) is 0.465. The molecular formula is C43H56N4O10S2. The number of nitrogens with two attached hydrogens (primary N) is 1. The molecule has 16 heteroatoms. The molecule has 0 saturated carbocycles. The first-order valence-corrected chi connectivity index (χ1v) is 21.8. The predicted molar refractivity (Wildman–Crippen MR) is 232 cm³/mol. The quantitative estimate of drug-likeness (QED) is 0.0625. The number of aliphatic hydroxyl groups excluding tert-OH is 2. The van der Waals surface area contributed by atoms with Gasteiger partial charge in [0.05, 0.1) is 50.7 Å². The molecule has 3 amide bonds. The average Bonchev–Trinajstić information content (AvgIpc) is 3.76. The molecule has 0 unspecified atom stereocenters. The number of nitrogen functional groups attached to an aromatic ring is 1. The summed E-state index contributed by atoms with van der Waals surface area (Å²) in [6.45, 7) is 6.02. The van der Waals surface area contributed by atoms with E-state index < -0.39 is 0 Å². The van der Waals surface area contributed by atoms with Gasteiger partial charge >= 0.3 is 0 Å². The highest BCUT2D eigenvalue weighted by Crippen LogP contribution is 2.37. The van der Waals surface area contributed by atoms with Crippen molar-refractivity contribution in [1.82, 2.24) is 14.7 Å². The number of ether oxygens (including phenoxy) is 5. The van der Waals surface area contributed by atoms with Crippen molar-refractivity contribution in [3.8, 4) is 28.7 Å². The van der Waals surface area contributed by atoms with Crippen LogP contribution in [0, 0.1) is 0 Å². The highest BCUT2D eigenvalue weighted by atomic mass is 32.2. The molecule has 3 aromatic rings. The van der Waals surface area contributed by atoms with Gasteiger partial charge in [0, 0.05) is 67.2 Å². The Hall–Kier alpha value is -4.77. The summed E-state index contributed by atoms with van der Waals surface area (Å²) in [6.07, 6.45) is 5.09. The Morgan fingerprint density at radius 2 is 1.44 bits per heavy atom. The third-order valence-corrected chi connectivity index (χ3v) is 13.0. The lowest BCUT2D eigenvalue weighted by Gasteiger charge is -2.34. The summed E-state index contributed by atoms with van der Waals surface area (Å²) >= 11 is 3.75. The Morgan fingerprint density at radius 1 is 0.780 bits per heavy atom. The molecule has 2 heterocycles. The fourth-order valence-electron chi connectivity index (χ4n) is 7.24. The highest BCUT2D eigenvalue weighted by Gasteiger charge is 2.36. The number of carbonyl (C=O) groups excluding carboxylic acids is 3. The van der Waals surface area contributed by atoms with Crippen molar-refractivity contribution < 1.29 is 48.3 Å². The molecule has 5 rings (SSSR count). The molecule has 59 heavy (non-hydrogen) atoms. The van der Waals surface area contributed by atoms with Crippen LogP contribution in [0.3, 0.4) is 0 Å². The van der Waals surface area contributed by atoms with Crippen molar-refractivity contribution >= 4 is 53.0 Å². The predicted octanol–water partition coefficient (Wildman–Crippen LogP) is 5.17. The second-order valence-electron chi connectivity index (χ2n) is 13.8. The Balaban J connectivity index is 1.13. The van der Waals surface area contributed by atoms with Crippen molar-refractivity contribution in [1.29, 1.82) is 0 Å². The van der Waals surface area contributed by atoms with Gasteiger partial charge in [0.1, 0.15) is 19.0 Å². The summed E-state index contributed by atoms with van der Waals surface area (Å²) in [7, 11) is 4.47. The van der Waals surface area contributed by atoms with Gasteiger partial charge in [0.2, 0.25) is 5.91 Å². The van der Waals surface area contributed by atoms with E-state index in [-0.39, 0.29) is 50.2 Å². The first-order chi connectivity index (χ1) is 28.6. The van der Waals surface area contributed by atoms with Gasteiger partial charge in [-0.2, -0.15) is 0 Å². The first kappa shape index (κ1) is 45.3. The topological polar surface area (TPSA) is 174 Å². The van der Waals surface area contributed by atoms with E-state index in [1.165, 1.54) is 27.4 Å². The smallest absolute Gasteiger partial charge is 0.256 e. The maximum Gasteiger partial charge on any atom is 0.256 e. The second-order valence-corrected chi connectivity index (χ2v) is 16.9. The van der Waals surface area contributed by atoms with Crippen LogP contribution in [0.2, 0.25) is 0 Å². The van der Waals surface area contributed by atoms with E-state index in [1.807, 2.05) is 28.4 Å². The number of thioether (sulfide) groups is 2. The van der Waals surface area contributed by atoms with Crippen molar-refractivity contribution in [3.05, 3.63) is 76.4 Å². The maximum absolute atomic E-state index is 13.8. The van der Waals surface area contributed by atoms with E-state index >= 15 is 0 Å². The molecule has 14 nitrogen and oxygen atoms in total. The third-order valence-electron chi connectivity index (χ3n) is 10.2. The van der Waals surface area contributed by atoms with Crippen molar-refractivity contribution in [2.75, 3.05) is 84.5 Å². The number of benzene rings is 3. The Kier molecular flexibility index (Phi) is 16.9. The monoisotopic (exact) mass is 852 g/mol. The van der Waals surface area contributed by atoms with Crippen LogP contribution in [0.5, 0.6) is 28.7 Å². The molecule has 1 atom stereocenters. The van der Waals surface area contributed by atoms with Gasteiger partial charge in [-0.1, -0.05) is 19.9 Å². The standard InChI is InChI=1S/C43H56N4O10S2/c1-6-58-43(59-7-2)34-9-8-14-47(34)42(52)32-23-30(26-48)36(25-33(32)44)57-20-19-56-35-12-10-28(21-37(35)53-3)11-13-39(50)45-15-17-46(18-16-45)41(51)29-22-31(27-49)40(55-5)38(24-29)54-4/h10-13,21-25,34,43,48-49H,6-9,14-20,26-27,44H2,1-5H3/t34-/m0/s1. The minimum absolute atomic E-state index is 0.124. The molecule has 3 aromatic carbocycles. The fourth-order valence-corrected chi connectivity index (χ4v) is 10.1. The number of amides is 3.